The van der Waals surface area contributed by atoms with Crippen molar-refractivity contribution in [3.05, 3.63) is 117 Å². The molecule has 4 atom stereocenters. The summed E-state index contributed by atoms with van der Waals surface area (Å²) in [5.41, 5.74) is 20.7. The van der Waals surface area contributed by atoms with Gasteiger partial charge in [-0.25, -0.2) is 0 Å². The van der Waals surface area contributed by atoms with Gasteiger partial charge in [0, 0.05) is 91.5 Å². The first-order chi connectivity index (χ1) is 56.6. The minimum atomic E-state index is -3.65. The molecule has 1 fully saturated rings. The lowest BCUT2D eigenvalue weighted by Gasteiger charge is -2.26. The predicted molar refractivity (Wildman–Crippen MR) is 480 cm³/mol. The largest absolute Gasteiger partial charge is 0.481 e. The van der Waals surface area contributed by atoms with Gasteiger partial charge in [-0.05, 0) is 209 Å². The molecule has 5 rings (SSSR count). The summed E-state index contributed by atoms with van der Waals surface area (Å²) in [4.78, 5) is 85.0. The number of aliphatic carboxylic acids is 1. The van der Waals surface area contributed by atoms with Crippen LogP contribution in [0, 0.1) is 27.7 Å². The van der Waals surface area contributed by atoms with Gasteiger partial charge < -0.3 is 95.6 Å². The molecule has 0 spiro atoms. The number of ether oxygens (including phenoxy) is 4. The number of carboxylic acid groups (broad SMARTS) is 1. The molecule has 11 N–H and O–H groups in total. The molecule has 4 aromatic carbocycles. The number of esters is 3. The van der Waals surface area contributed by atoms with Gasteiger partial charge in [0.2, 0.25) is 0 Å². The van der Waals surface area contributed by atoms with Gasteiger partial charge in [-0.2, -0.15) is 33.7 Å². The Labute approximate surface area is 733 Å². The van der Waals surface area contributed by atoms with E-state index >= 15 is 0 Å². The van der Waals surface area contributed by atoms with E-state index in [1.807, 2.05) is 141 Å². The molecule has 687 valence electrons. The second kappa shape index (κ2) is 59.0. The molecule has 1 saturated heterocycles. The molecule has 35 nitrogen and oxygen atoms in total. The van der Waals surface area contributed by atoms with E-state index in [1.54, 1.807) is 36.6 Å². The maximum atomic E-state index is 12.4. The highest BCUT2D eigenvalue weighted by atomic mass is 79.9. The number of aryl methyl sites for hydroxylation is 4. The molecule has 122 heavy (non-hydrogen) atoms. The number of carbonyl (C=O) groups is 7. The number of hydrogen-bond donors (Lipinski definition) is 9. The van der Waals surface area contributed by atoms with Crippen molar-refractivity contribution in [1.82, 2.24) is 15.7 Å². The van der Waals surface area contributed by atoms with Crippen molar-refractivity contribution in [1.29, 1.82) is 0 Å². The van der Waals surface area contributed by atoms with Gasteiger partial charge in [0.05, 0.1) is 129 Å². The van der Waals surface area contributed by atoms with Gasteiger partial charge in [0.25, 0.3) is 62.7 Å². The zero-order chi connectivity index (χ0) is 93.3. The number of nitrogens with zero attached hydrogens (tertiary/aromatic N) is 3. The van der Waals surface area contributed by atoms with Crippen molar-refractivity contribution < 1.29 is 123 Å². The van der Waals surface area contributed by atoms with Crippen molar-refractivity contribution in [2.75, 3.05) is 150 Å². The first-order valence-electron chi connectivity index (χ1n) is 39.0. The average Bonchev–Trinajstić information content (AvgIpc) is 1.22. The summed E-state index contributed by atoms with van der Waals surface area (Å²) in [6.45, 7) is 27.1. The number of epoxide rings is 1. The topological polar surface area (TPSA) is 512 Å². The second-order valence-electron chi connectivity index (χ2n) is 31.1. The van der Waals surface area contributed by atoms with Crippen molar-refractivity contribution in [2.45, 2.75) is 182 Å². The summed E-state index contributed by atoms with van der Waals surface area (Å²) in [5, 5.41) is 44.8. The molecule has 1 aliphatic heterocycles. The summed E-state index contributed by atoms with van der Waals surface area (Å²) in [6, 6.07) is 21.1. The number of rotatable bonds is 49. The fourth-order valence-electron chi connectivity index (χ4n) is 10.9. The summed E-state index contributed by atoms with van der Waals surface area (Å²) in [5.74, 6) is -2.03. The van der Waals surface area contributed by atoms with E-state index in [-0.39, 0.29) is 122 Å². The van der Waals surface area contributed by atoms with Gasteiger partial charge in [0.1, 0.15) is 16.8 Å². The van der Waals surface area contributed by atoms with Crippen LogP contribution >= 0.6 is 15.9 Å². The van der Waals surface area contributed by atoms with Crippen molar-refractivity contribution in [3.63, 3.8) is 0 Å². The first kappa shape index (κ1) is 115. The maximum Gasteiger partial charge on any atom is 0.307 e. The highest BCUT2D eigenvalue weighted by Gasteiger charge is 2.27. The molecule has 4 aromatic rings. The number of carbonyl (C=O) groups excluding carboxylic acids is 6. The zero-order valence-corrected chi connectivity index (χ0v) is 78.2. The van der Waals surface area contributed by atoms with Crippen molar-refractivity contribution in [3.8, 4) is 0 Å². The molecule has 3 radical (unpaired) electrons. The van der Waals surface area contributed by atoms with Crippen LogP contribution in [0.3, 0.4) is 0 Å². The molecule has 1 heterocycles. The van der Waals surface area contributed by atoms with Gasteiger partial charge in [-0.15, -0.1) is 0 Å². The maximum absolute atomic E-state index is 12.4. The summed E-state index contributed by atoms with van der Waals surface area (Å²) < 4.78 is 130. The number of nitrogens with two attached hydrogens (primary N) is 2. The normalized spacial score (nSPS) is 13.0. The van der Waals surface area contributed by atoms with Gasteiger partial charge in [-0.1, -0.05) is 40.2 Å². The third-order valence-corrected chi connectivity index (χ3v) is 18.9. The SMILES string of the molecule is C1CO1.Cc1ccc(N(CCO)CCO)cc1C[C@@H](CC(=O)OC(C)(C)C)N[B]C=O.Cc1ccc(N(CCOS(C)(=O)=O)CCOS(C)(=O)=O)cc1C[C@@H](CC(=O)OC(C)(C)C)N[B]C=O.Cc1ccc(N(CCOS(C)(=O)=O)CCOS(C)(=O)=O)cc1C[C@H](N)CC(=O)O.Cc1ccc(N)cc1C[C@@H](CC(=O)OC(C)(C)C)N[B]C=O.OCCBr. The fraction of sp³-hybridized carbons (Fsp3) is 0.608. The third kappa shape index (κ3) is 61.3. The van der Waals surface area contributed by atoms with E-state index in [9.17, 15) is 77.4 Å². The first-order valence-corrected chi connectivity index (χ1v) is 47.4. The lowest BCUT2D eigenvalue weighted by molar-refractivity contribution is -0.156. The summed E-state index contributed by atoms with van der Waals surface area (Å²) in [6.07, 6.45) is 7.68. The molecule has 0 unspecified atom stereocenters. The monoisotopic (exact) mass is 1860 g/mol. The Bertz CT molecular complexity index is 4210. The fourth-order valence-corrected chi connectivity index (χ4v) is 12.4. The van der Waals surface area contributed by atoms with Gasteiger partial charge in [0.15, 0.2) is 0 Å². The molecule has 0 saturated carbocycles. The van der Waals surface area contributed by atoms with Gasteiger partial charge >= 0.3 is 23.9 Å². The van der Waals surface area contributed by atoms with Crippen LogP contribution in [0.2, 0.25) is 0 Å². The van der Waals surface area contributed by atoms with E-state index in [0.29, 0.717) is 79.7 Å². The Balaban J connectivity index is 0.00000157. The molecule has 1 aliphatic rings. The minimum Gasteiger partial charge on any atom is -0.481 e. The van der Waals surface area contributed by atoms with E-state index in [4.69, 9.17) is 52.6 Å². The molecule has 0 aromatic heterocycles. The van der Waals surface area contributed by atoms with E-state index in [0.717, 1.165) is 88.4 Å². The number of carboxylic acids is 1. The van der Waals surface area contributed by atoms with Gasteiger partial charge in [-0.3, -0.25) is 35.9 Å². The number of anilines is 4. The number of aliphatic hydroxyl groups excluding tert-OH is 3. The molecule has 0 amide bonds. The number of nitrogen functional groups attached to an aromatic ring is 1. The highest BCUT2D eigenvalue weighted by molar-refractivity contribution is 9.09. The average molecular weight is 1860 g/mol. The number of alkyl halides is 1. The Morgan fingerprint density at radius 2 is 0.713 bits per heavy atom. The molecular formula is C79H129B3BrN8O27S4. The van der Waals surface area contributed by atoms with Crippen LogP contribution in [0.25, 0.3) is 0 Å². The third-order valence-electron chi connectivity index (χ3n) is 16.1. The van der Waals surface area contributed by atoms with Crippen LogP contribution in [0.1, 0.15) is 133 Å². The van der Waals surface area contributed by atoms with Crippen LogP contribution in [0.15, 0.2) is 72.8 Å². The van der Waals surface area contributed by atoms with E-state index in [2.05, 4.69) is 36.4 Å². The van der Waals surface area contributed by atoms with Crippen molar-refractivity contribution >= 4 is 144 Å². The predicted octanol–water partition coefficient (Wildman–Crippen LogP) is 3.73. The number of aliphatic hydroxyl groups is 3. The van der Waals surface area contributed by atoms with Crippen LogP contribution in [-0.2, 0) is 135 Å². The Hall–Kier alpha value is -7.04. The standard InChI is InChI=1S/C22H36BN2O9S2.C20H32BN2O5.C17H28N2O8S2.C16H24BN2O3.C2H5BrO.C2H4O/c1-17-7-8-20(25(9-11-32-35(5,28)29)10-12-33-36(6,30)31)14-18(17)13-19(24-23-16-26)15-21(27)34-22(2,3)4;1-15-5-6-18(23(7-9-24)8-10-25)12-16(15)11-17(22-21-14-26)13-19(27)28-20(2,3)4;1-13-4-5-16(11-14(13)10-15(18)12-17(20)21)19(6-8-26-28(2,22)23)7-9-27-29(3,24)25;1-11-5-6-13(18)7-12(11)8-14(19-17-10-20)9-15(21)22-16(2,3)4;3-1-2-4;1-2-3-1/h7-8,14,16,19,24H,9-13,15H2,1-6H3;5-6,12,14,17,22,24-25H,7-11,13H2,1-4H3;4-5,11,15H,6-10,12,18H2,1-3H3,(H,20,21);5-7,10,14,19H,8-9,18H2,1-4H3;4H,1-2H2;1-2H2/t19-;17-;15-;14-;;/m0000../s1. The Kier molecular flexibility index (Phi) is 55.6. The van der Waals surface area contributed by atoms with Crippen molar-refractivity contribution in [2.24, 2.45) is 5.73 Å². The van der Waals surface area contributed by atoms with Crippen LogP contribution in [-0.4, -0.2) is 289 Å². The lowest BCUT2D eigenvalue weighted by Crippen LogP contribution is -2.38. The number of halogens is 1. The molecule has 0 aliphatic carbocycles. The summed E-state index contributed by atoms with van der Waals surface area (Å²) >= 11 is 3.00. The number of nitrogens with one attached hydrogen (secondary N) is 3. The molecule has 43 heteroatoms. The quantitative estimate of drug-likeness (QED) is 0.00444. The molecular weight excluding hydrogens is 1730 g/mol. The van der Waals surface area contributed by atoms with E-state index < -0.39 is 81.3 Å². The second-order valence-corrected chi connectivity index (χ2v) is 38.5. The Morgan fingerprint density at radius 1 is 0.459 bits per heavy atom. The smallest absolute Gasteiger partial charge is 0.307 e. The zero-order valence-electron chi connectivity index (χ0n) is 73.4. The number of hydrogen-bond acceptors (Lipinski definition) is 34. The number of benzene rings is 4. The lowest BCUT2D eigenvalue weighted by atomic mass is 9.91. The van der Waals surface area contributed by atoms with Crippen LogP contribution < -0.4 is 41.9 Å². The van der Waals surface area contributed by atoms with Crippen LogP contribution in [0.4, 0.5) is 22.7 Å². The highest BCUT2D eigenvalue weighted by Crippen LogP contribution is 2.26. The Morgan fingerprint density at radius 3 is 0.943 bits per heavy atom. The summed E-state index contributed by atoms with van der Waals surface area (Å²) in [7, 11) is -10.7. The minimum absolute atomic E-state index is 0.0136. The van der Waals surface area contributed by atoms with E-state index in [1.165, 1.54) is 22.2 Å². The molecule has 0 bridgehead atoms. The van der Waals surface area contributed by atoms with Crippen LogP contribution in [0.5, 0.6) is 0 Å².